The van der Waals surface area contributed by atoms with Crippen LogP contribution in [0.25, 0.3) is 0 Å². The molecule has 0 aromatic rings. The van der Waals surface area contributed by atoms with Gasteiger partial charge in [-0.3, -0.25) is 0 Å². The summed E-state index contributed by atoms with van der Waals surface area (Å²) in [5, 5.41) is 0. The van der Waals surface area contributed by atoms with Crippen LogP contribution in [0.4, 0.5) is 0 Å². The molecule has 3 fully saturated rings. The molecule has 0 amide bonds. The van der Waals surface area contributed by atoms with E-state index in [4.69, 9.17) is 9.47 Å². The zero-order chi connectivity index (χ0) is 9.60. The highest BCUT2D eigenvalue weighted by molar-refractivity contribution is 5.17. The van der Waals surface area contributed by atoms with Gasteiger partial charge < -0.3 is 9.47 Å². The van der Waals surface area contributed by atoms with Gasteiger partial charge in [0.15, 0.2) is 0 Å². The normalized spacial score (nSPS) is 47.3. The van der Waals surface area contributed by atoms with Crippen molar-refractivity contribution in [2.45, 2.75) is 19.3 Å². The lowest BCUT2D eigenvalue weighted by Gasteiger charge is -2.38. The highest BCUT2D eigenvalue weighted by Crippen LogP contribution is 2.50. The predicted octanol–water partition coefficient (Wildman–Crippen LogP) is 2.01. The number of rotatable bonds is 0. The van der Waals surface area contributed by atoms with Gasteiger partial charge in [-0.15, -0.1) is 0 Å². The van der Waals surface area contributed by atoms with Crippen molar-refractivity contribution in [1.82, 2.24) is 0 Å². The van der Waals surface area contributed by atoms with E-state index in [0.29, 0.717) is 5.41 Å². The first kappa shape index (κ1) is 8.93. The molecule has 3 atom stereocenters. The highest BCUT2D eigenvalue weighted by Gasteiger charge is 2.47. The Morgan fingerprint density at radius 1 is 1.21 bits per heavy atom. The molecule has 0 aromatic heterocycles. The van der Waals surface area contributed by atoms with Gasteiger partial charge in [0.25, 0.3) is 0 Å². The van der Waals surface area contributed by atoms with E-state index in [1.54, 1.807) is 0 Å². The second-order valence-electron chi connectivity index (χ2n) is 5.18. The van der Waals surface area contributed by atoms with Gasteiger partial charge in [0.05, 0.1) is 13.2 Å². The maximum atomic E-state index is 5.56. The molecule has 1 spiro atoms. The highest BCUT2D eigenvalue weighted by atomic mass is 16.5. The number of hydrogen-bond donors (Lipinski definition) is 0. The molecule has 78 valence electrons. The first-order valence-corrected chi connectivity index (χ1v) is 5.64. The van der Waals surface area contributed by atoms with E-state index in [1.165, 1.54) is 24.8 Å². The van der Waals surface area contributed by atoms with Gasteiger partial charge >= 0.3 is 0 Å². The van der Waals surface area contributed by atoms with Crippen molar-refractivity contribution in [2.24, 2.45) is 17.3 Å². The summed E-state index contributed by atoms with van der Waals surface area (Å²) in [5.74, 6) is 1.61. The van der Waals surface area contributed by atoms with Crippen LogP contribution >= 0.6 is 0 Å². The molecule has 1 saturated carbocycles. The zero-order valence-corrected chi connectivity index (χ0v) is 8.63. The fourth-order valence-electron chi connectivity index (χ4n) is 3.33. The Balaban J connectivity index is 1.80. The molecule has 0 bridgehead atoms. The van der Waals surface area contributed by atoms with E-state index in [2.05, 4.69) is 6.58 Å². The molecule has 3 aliphatic rings. The molecule has 3 rings (SSSR count). The van der Waals surface area contributed by atoms with Crippen LogP contribution in [0.3, 0.4) is 0 Å². The summed E-state index contributed by atoms with van der Waals surface area (Å²) in [4.78, 5) is 0. The van der Waals surface area contributed by atoms with Gasteiger partial charge in [0.2, 0.25) is 0 Å². The maximum absolute atomic E-state index is 5.56. The van der Waals surface area contributed by atoms with Gasteiger partial charge in [-0.1, -0.05) is 6.58 Å². The standard InChI is InChI=1S/C12H18O2/c1-9-5-14-8-12(9)3-2-10-6-13-7-11(10)4-12/h10-11H,1-8H2. The molecule has 1 aliphatic carbocycles. The van der Waals surface area contributed by atoms with E-state index in [0.717, 1.165) is 38.3 Å². The minimum Gasteiger partial charge on any atom is -0.381 e. The summed E-state index contributed by atoms with van der Waals surface area (Å²) in [6.07, 6.45) is 3.85. The van der Waals surface area contributed by atoms with Crippen LogP contribution in [-0.4, -0.2) is 26.4 Å². The quantitative estimate of drug-likeness (QED) is 0.549. The van der Waals surface area contributed by atoms with Gasteiger partial charge in [-0.25, -0.2) is 0 Å². The minimum absolute atomic E-state index is 0.328. The summed E-state index contributed by atoms with van der Waals surface area (Å²) in [7, 11) is 0. The van der Waals surface area contributed by atoms with Crippen LogP contribution in [0.5, 0.6) is 0 Å². The second kappa shape index (κ2) is 3.07. The van der Waals surface area contributed by atoms with Crippen molar-refractivity contribution < 1.29 is 9.47 Å². The summed E-state index contributed by atoms with van der Waals surface area (Å²) in [6, 6.07) is 0. The molecule has 2 heteroatoms. The molecule has 2 aliphatic heterocycles. The molecular formula is C12H18O2. The van der Waals surface area contributed by atoms with Crippen molar-refractivity contribution in [2.75, 3.05) is 26.4 Å². The van der Waals surface area contributed by atoms with Gasteiger partial charge in [0.1, 0.15) is 0 Å². The molecule has 0 radical (unpaired) electrons. The van der Waals surface area contributed by atoms with Crippen LogP contribution in [0, 0.1) is 17.3 Å². The predicted molar refractivity (Wildman–Crippen MR) is 54.0 cm³/mol. The van der Waals surface area contributed by atoms with Gasteiger partial charge in [-0.05, 0) is 36.7 Å². The topological polar surface area (TPSA) is 18.5 Å². The fraction of sp³-hybridized carbons (Fsp3) is 0.833. The Hall–Kier alpha value is -0.340. The zero-order valence-electron chi connectivity index (χ0n) is 8.63. The van der Waals surface area contributed by atoms with Crippen molar-refractivity contribution in [3.63, 3.8) is 0 Å². The largest absolute Gasteiger partial charge is 0.381 e. The monoisotopic (exact) mass is 194 g/mol. The number of ether oxygens (including phenoxy) is 2. The van der Waals surface area contributed by atoms with Crippen LogP contribution in [-0.2, 0) is 9.47 Å². The summed E-state index contributed by atoms with van der Waals surface area (Å²) in [5.41, 5.74) is 1.66. The van der Waals surface area contributed by atoms with Crippen LogP contribution in [0.1, 0.15) is 19.3 Å². The Morgan fingerprint density at radius 2 is 2.07 bits per heavy atom. The van der Waals surface area contributed by atoms with Crippen molar-refractivity contribution in [1.29, 1.82) is 0 Å². The lowest BCUT2D eigenvalue weighted by molar-refractivity contribution is 0.0929. The van der Waals surface area contributed by atoms with Crippen LogP contribution < -0.4 is 0 Å². The molecule has 2 nitrogen and oxygen atoms in total. The first-order chi connectivity index (χ1) is 6.80. The summed E-state index contributed by atoms with van der Waals surface area (Å²) >= 11 is 0. The average molecular weight is 194 g/mol. The molecule has 0 aromatic carbocycles. The molecule has 3 unspecified atom stereocenters. The molecule has 14 heavy (non-hydrogen) atoms. The van der Waals surface area contributed by atoms with E-state index in [9.17, 15) is 0 Å². The summed E-state index contributed by atoms with van der Waals surface area (Å²) < 4.78 is 11.1. The Morgan fingerprint density at radius 3 is 2.86 bits per heavy atom. The number of fused-ring (bicyclic) bond motifs is 1. The Kier molecular flexibility index (Phi) is 1.96. The van der Waals surface area contributed by atoms with Crippen molar-refractivity contribution in [3.05, 3.63) is 12.2 Å². The van der Waals surface area contributed by atoms with Crippen LogP contribution in [0.2, 0.25) is 0 Å². The lowest BCUT2D eigenvalue weighted by atomic mass is 9.64. The first-order valence-electron chi connectivity index (χ1n) is 5.64. The van der Waals surface area contributed by atoms with Crippen LogP contribution in [0.15, 0.2) is 12.2 Å². The molecule has 2 saturated heterocycles. The third-order valence-corrected chi connectivity index (χ3v) is 4.38. The smallest absolute Gasteiger partial charge is 0.0680 e. The molecule has 0 N–H and O–H groups in total. The Labute approximate surface area is 85.3 Å². The van der Waals surface area contributed by atoms with E-state index in [-0.39, 0.29) is 0 Å². The van der Waals surface area contributed by atoms with E-state index >= 15 is 0 Å². The van der Waals surface area contributed by atoms with E-state index < -0.39 is 0 Å². The minimum atomic E-state index is 0.328. The number of hydrogen-bond acceptors (Lipinski definition) is 2. The average Bonchev–Trinajstić information content (AvgIpc) is 2.75. The molecular weight excluding hydrogens is 176 g/mol. The van der Waals surface area contributed by atoms with Gasteiger partial charge in [-0.2, -0.15) is 0 Å². The van der Waals surface area contributed by atoms with Crippen molar-refractivity contribution >= 4 is 0 Å². The van der Waals surface area contributed by atoms with Crippen molar-refractivity contribution in [3.8, 4) is 0 Å². The Bertz CT molecular complexity index is 261. The third-order valence-electron chi connectivity index (χ3n) is 4.38. The van der Waals surface area contributed by atoms with E-state index in [1.807, 2.05) is 0 Å². The maximum Gasteiger partial charge on any atom is 0.0680 e. The fourth-order valence-corrected chi connectivity index (χ4v) is 3.33. The third kappa shape index (κ3) is 1.17. The second-order valence-corrected chi connectivity index (χ2v) is 5.18. The summed E-state index contributed by atoms with van der Waals surface area (Å²) in [6.45, 7) is 7.85. The SMILES string of the molecule is C=C1COCC12CCC1COCC1C2. The lowest BCUT2D eigenvalue weighted by Crippen LogP contribution is -2.34. The molecule has 2 heterocycles. The van der Waals surface area contributed by atoms with Gasteiger partial charge in [0, 0.05) is 18.6 Å².